The van der Waals surface area contributed by atoms with Crippen LogP contribution in [-0.2, 0) is 4.79 Å². The second-order valence-corrected chi connectivity index (χ2v) is 4.75. The molecule has 1 aromatic rings. The highest BCUT2D eigenvalue weighted by atomic mass is 16.5. The molecule has 112 valence electrons. The van der Waals surface area contributed by atoms with Crippen LogP contribution in [0.1, 0.15) is 6.42 Å². The number of rotatable bonds is 5. The molecule has 3 amide bonds. The number of hydrogen-bond acceptors (Lipinski definition) is 3. The third-order valence-electron chi connectivity index (χ3n) is 3.25. The van der Waals surface area contributed by atoms with E-state index in [-0.39, 0.29) is 18.0 Å². The first kappa shape index (κ1) is 14.9. The van der Waals surface area contributed by atoms with Crippen LogP contribution < -0.4 is 20.3 Å². The Morgan fingerprint density at radius 2 is 2.19 bits per heavy atom. The summed E-state index contributed by atoms with van der Waals surface area (Å²) in [6.45, 7) is 4.39. The number of carbonyl (C=O) groups is 2. The summed E-state index contributed by atoms with van der Waals surface area (Å²) in [5, 5.41) is 5.41. The molecule has 1 fully saturated rings. The summed E-state index contributed by atoms with van der Waals surface area (Å²) in [4.78, 5) is 25.3. The normalized spacial score (nSPS) is 17.5. The number of urea groups is 1. The molecular weight excluding hydrogens is 270 g/mol. The third-order valence-corrected chi connectivity index (χ3v) is 3.25. The van der Waals surface area contributed by atoms with Gasteiger partial charge in [0.1, 0.15) is 5.75 Å². The smallest absolute Gasteiger partial charge is 0.315 e. The maximum atomic E-state index is 12.0. The largest absolute Gasteiger partial charge is 0.497 e. The van der Waals surface area contributed by atoms with E-state index in [1.54, 1.807) is 30.2 Å². The number of hydrogen-bond donors (Lipinski definition) is 2. The molecule has 0 aromatic heterocycles. The third kappa shape index (κ3) is 3.75. The molecule has 1 aliphatic rings. The van der Waals surface area contributed by atoms with E-state index in [0.717, 1.165) is 11.4 Å². The lowest BCUT2D eigenvalue weighted by molar-refractivity contribution is -0.117. The number of carbonyl (C=O) groups excluding carboxylic acids is 2. The fourth-order valence-corrected chi connectivity index (χ4v) is 2.22. The predicted octanol–water partition coefficient (Wildman–Crippen LogP) is 1.29. The van der Waals surface area contributed by atoms with Crippen LogP contribution in [0, 0.1) is 0 Å². The molecule has 21 heavy (non-hydrogen) atoms. The zero-order valence-electron chi connectivity index (χ0n) is 12.0. The van der Waals surface area contributed by atoms with Gasteiger partial charge in [-0.1, -0.05) is 6.08 Å². The quantitative estimate of drug-likeness (QED) is 0.802. The molecule has 1 heterocycles. The summed E-state index contributed by atoms with van der Waals surface area (Å²) in [5.74, 6) is 0.734. The molecular formula is C15H19N3O3. The molecule has 6 heteroatoms. The Hall–Kier alpha value is -2.50. The Balaban J connectivity index is 1.95. The highest BCUT2D eigenvalue weighted by Gasteiger charge is 2.31. The fourth-order valence-electron chi connectivity index (χ4n) is 2.22. The number of anilines is 1. The molecule has 2 N–H and O–H groups in total. The number of amides is 3. The minimum absolute atomic E-state index is 0.00538. The van der Waals surface area contributed by atoms with Crippen LogP contribution >= 0.6 is 0 Å². The van der Waals surface area contributed by atoms with Crippen molar-refractivity contribution in [2.75, 3.05) is 25.1 Å². The van der Waals surface area contributed by atoms with Gasteiger partial charge in [-0.15, -0.1) is 6.58 Å². The van der Waals surface area contributed by atoms with Crippen molar-refractivity contribution in [2.45, 2.75) is 12.5 Å². The van der Waals surface area contributed by atoms with Crippen molar-refractivity contribution < 1.29 is 14.3 Å². The first-order valence-corrected chi connectivity index (χ1v) is 6.73. The highest BCUT2D eigenvalue weighted by Crippen LogP contribution is 2.24. The van der Waals surface area contributed by atoms with Crippen molar-refractivity contribution >= 4 is 17.6 Å². The number of ether oxygens (including phenoxy) is 1. The lowest BCUT2D eigenvalue weighted by Crippen LogP contribution is -2.43. The molecule has 0 saturated carbocycles. The van der Waals surface area contributed by atoms with Gasteiger partial charge in [-0.25, -0.2) is 4.79 Å². The van der Waals surface area contributed by atoms with Crippen molar-refractivity contribution in [1.82, 2.24) is 10.6 Å². The van der Waals surface area contributed by atoms with E-state index in [0.29, 0.717) is 19.5 Å². The summed E-state index contributed by atoms with van der Waals surface area (Å²) < 4.78 is 5.09. The van der Waals surface area contributed by atoms with E-state index in [4.69, 9.17) is 4.74 Å². The minimum atomic E-state index is -0.288. The second kappa shape index (κ2) is 6.78. The summed E-state index contributed by atoms with van der Waals surface area (Å²) in [5.41, 5.74) is 0.802. The number of benzene rings is 1. The molecule has 2 rings (SSSR count). The van der Waals surface area contributed by atoms with Gasteiger partial charge < -0.3 is 20.3 Å². The van der Waals surface area contributed by atoms with Crippen LogP contribution in [0.25, 0.3) is 0 Å². The van der Waals surface area contributed by atoms with Crippen LogP contribution in [0.2, 0.25) is 0 Å². The monoisotopic (exact) mass is 289 g/mol. The summed E-state index contributed by atoms with van der Waals surface area (Å²) in [6, 6.07) is 6.79. The topological polar surface area (TPSA) is 70.7 Å². The predicted molar refractivity (Wildman–Crippen MR) is 80.5 cm³/mol. The average molecular weight is 289 g/mol. The lowest BCUT2D eigenvalue weighted by Gasteiger charge is -2.17. The van der Waals surface area contributed by atoms with Crippen LogP contribution in [0.15, 0.2) is 36.9 Å². The van der Waals surface area contributed by atoms with Gasteiger partial charge in [0.15, 0.2) is 0 Å². The van der Waals surface area contributed by atoms with E-state index < -0.39 is 0 Å². The van der Waals surface area contributed by atoms with Crippen molar-refractivity contribution in [2.24, 2.45) is 0 Å². The van der Waals surface area contributed by atoms with E-state index in [9.17, 15) is 9.59 Å². The molecule has 1 saturated heterocycles. The van der Waals surface area contributed by atoms with Gasteiger partial charge in [-0.05, 0) is 24.3 Å². The molecule has 6 nitrogen and oxygen atoms in total. The van der Waals surface area contributed by atoms with E-state index >= 15 is 0 Å². The SMILES string of the molecule is C=CCNC(=O)N[C@H]1CC(=O)N(c2ccc(OC)cc2)C1. The van der Waals surface area contributed by atoms with Gasteiger partial charge in [-0.3, -0.25) is 4.79 Å². The first-order chi connectivity index (χ1) is 10.1. The van der Waals surface area contributed by atoms with Gasteiger partial charge in [-0.2, -0.15) is 0 Å². The molecule has 1 atom stereocenters. The molecule has 0 unspecified atom stereocenters. The van der Waals surface area contributed by atoms with E-state index in [2.05, 4.69) is 17.2 Å². The van der Waals surface area contributed by atoms with Gasteiger partial charge >= 0.3 is 6.03 Å². The van der Waals surface area contributed by atoms with Gasteiger partial charge in [0, 0.05) is 25.2 Å². The highest BCUT2D eigenvalue weighted by molar-refractivity contribution is 5.96. The molecule has 1 aromatic carbocycles. The lowest BCUT2D eigenvalue weighted by atomic mass is 10.2. The van der Waals surface area contributed by atoms with Crippen molar-refractivity contribution in [3.8, 4) is 5.75 Å². The van der Waals surface area contributed by atoms with Crippen LogP contribution in [-0.4, -0.2) is 38.2 Å². The Bertz CT molecular complexity index is 527. The minimum Gasteiger partial charge on any atom is -0.497 e. The van der Waals surface area contributed by atoms with Gasteiger partial charge in [0.05, 0.1) is 13.2 Å². The maximum absolute atomic E-state index is 12.0. The summed E-state index contributed by atoms with van der Waals surface area (Å²) in [6.07, 6.45) is 1.90. The van der Waals surface area contributed by atoms with E-state index in [1.807, 2.05) is 12.1 Å². The van der Waals surface area contributed by atoms with Crippen LogP contribution in [0.5, 0.6) is 5.75 Å². The number of methoxy groups -OCH3 is 1. The Morgan fingerprint density at radius 3 is 2.81 bits per heavy atom. The van der Waals surface area contributed by atoms with Crippen molar-refractivity contribution in [3.05, 3.63) is 36.9 Å². The molecule has 0 bridgehead atoms. The van der Waals surface area contributed by atoms with Crippen molar-refractivity contribution in [1.29, 1.82) is 0 Å². The van der Waals surface area contributed by atoms with Crippen LogP contribution in [0.3, 0.4) is 0 Å². The first-order valence-electron chi connectivity index (χ1n) is 6.73. The number of nitrogens with one attached hydrogen (secondary N) is 2. The van der Waals surface area contributed by atoms with Crippen molar-refractivity contribution in [3.63, 3.8) is 0 Å². The van der Waals surface area contributed by atoms with Gasteiger partial charge in [0.2, 0.25) is 5.91 Å². The van der Waals surface area contributed by atoms with Crippen LogP contribution in [0.4, 0.5) is 10.5 Å². The Kier molecular flexibility index (Phi) is 4.81. The molecule has 0 radical (unpaired) electrons. The fraction of sp³-hybridized carbons (Fsp3) is 0.333. The zero-order valence-corrected chi connectivity index (χ0v) is 12.0. The number of nitrogens with zero attached hydrogens (tertiary/aromatic N) is 1. The second-order valence-electron chi connectivity index (χ2n) is 4.75. The average Bonchev–Trinajstić information content (AvgIpc) is 2.85. The van der Waals surface area contributed by atoms with E-state index in [1.165, 1.54) is 0 Å². The Morgan fingerprint density at radius 1 is 1.48 bits per heavy atom. The maximum Gasteiger partial charge on any atom is 0.315 e. The Labute approximate surface area is 123 Å². The summed E-state index contributed by atoms with van der Waals surface area (Å²) >= 11 is 0. The molecule has 1 aliphatic heterocycles. The summed E-state index contributed by atoms with van der Waals surface area (Å²) in [7, 11) is 1.60. The molecule has 0 spiro atoms. The zero-order chi connectivity index (χ0) is 15.2. The van der Waals surface area contributed by atoms with Gasteiger partial charge in [0.25, 0.3) is 0 Å². The standard InChI is InChI=1S/C15H19N3O3/c1-3-8-16-15(20)17-11-9-14(19)18(10-11)12-4-6-13(21-2)7-5-12/h3-7,11H,1,8-10H2,2H3,(H2,16,17,20)/t11-/m0/s1. The molecule has 0 aliphatic carbocycles.